The highest BCUT2D eigenvalue weighted by Crippen LogP contribution is 2.32. The van der Waals surface area contributed by atoms with Gasteiger partial charge in [0, 0.05) is 18.8 Å². The molecule has 1 N–H and O–H groups in total. The minimum absolute atomic E-state index is 0.244. The number of thiazole rings is 1. The van der Waals surface area contributed by atoms with Crippen LogP contribution in [0.25, 0.3) is 32.9 Å². The van der Waals surface area contributed by atoms with Gasteiger partial charge in [0.25, 0.3) is 5.91 Å². The molecule has 5 aromatic rings. The van der Waals surface area contributed by atoms with Crippen molar-refractivity contribution < 1.29 is 4.79 Å². The van der Waals surface area contributed by atoms with Crippen LogP contribution in [0.4, 0.5) is 5.13 Å². The number of pyridine rings is 2. The molecular weight excluding hydrogens is 420 g/mol. The van der Waals surface area contributed by atoms with Crippen LogP contribution >= 0.6 is 11.3 Å². The van der Waals surface area contributed by atoms with Crippen LogP contribution in [0.2, 0.25) is 0 Å². The molecule has 0 spiro atoms. The first-order valence-electron chi connectivity index (χ1n) is 10.1. The molecule has 4 heterocycles. The highest BCUT2D eigenvalue weighted by molar-refractivity contribution is 7.19. The Labute approximate surface area is 188 Å². The minimum Gasteiger partial charge on any atom is -0.298 e. The SMILES string of the molecule is Cc1nc(NC(=O)c2cc(-c3ccccc3)nc3c2c(C)nn3C)sc1-c1ccccn1. The van der Waals surface area contributed by atoms with Gasteiger partial charge in [-0.2, -0.15) is 5.10 Å². The second kappa shape index (κ2) is 7.97. The summed E-state index contributed by atoms with van der Waals surface area (Å²) in [5, 5.41) is 8.73. The molecule has 0 aliphatic carbocycles. The number of aryl methyl sites for hydroxylation is 3. The van der Waals surface area contributed by atoms with Crippen LogP contribution in [0, 0.1) is 13.8 Å². The van der Waals surface area contributed by atoms with Crippen LogP contribution in [-0.4, -0.2) is 30.6 Å². The number of fused-ring (bicyclic) bond motifs is 1. The van der Waals surface area contributed by atoms with Crippen molar-refractivity contribution in [1.29, 1.82) is 0 Å². The molecule has 0 unspecified atom stereocenters. The summed E-state index contributed by atoms with van der Waals surface area (Å²) < 4.78 is 1.71. The van der Waals surface area contributed by atoms with Crippen molar-refractivity contribution >= 4 is 33.4 Å². The number of hydrogen-bond acceptors (Lipinski definition) is 6. The van der Waals surface area contributed by atoms with Gasteiger partial charge in [-0.1, -0.05) is 47.7 Å². The summed E-state index contributed by atoms with van der Waals surface area (Å²) in [5.41, 5.74) is 5.25. The Bertz CT molecular complexity index is 1440. The lowest BCUT2D eigenvalue weighted by molar-refractivity contribution is 0.102. The molecule has 0 atom stereocenters. The molecule has 1 aromatic carbocycles. The maximum absolute atomic E-state index is 13.4. The number of nitrogens with zero attached hydrogens (tertiary/aromatic N) is 5. The van der Waals surface area contributed by atoms with Gasteiger partial charge in [-0.15, -0.1) is 0 Å². The predicted molar refractivity (Wildman–Crippen MR) is 127 cm³/mol. The van der Waals surface area contributed by atoms with Crippen molar-refractivity contribution in [2.75, 3.05) is 5.32 Å². The average Bonchev–Trinajstić information content (AvgIpc) is 3.32. The first-order chi connectivity index (χ1) is 15.5. The Hall–Kier alpha value is -3.91. The van der Waals surface area contributed by atoms with Crippen molar-refractivity contribution in [3.05, 3.63) is 77.7 Å². The molecule has 158 valence electrons. The Morgan fingerprint density at radius 2 is 1.75 bits per heavy atom. The maximum atomic E-state index is 13.4. The number of carbonyl (C=O) groups is 1. The first-order valence-corrected chi connectivity index (χ1v) is 10.9. The van der Waals surface area contributed by atoms with Gasteiger partial charge in [-0.05, 0) is 32.0 Å². The van der Waals surface area contributed by atoms with E-state index in [4.69, 9.17) is 4.98 Å². The molecule has 5 rings (SSSR count). The van der Waals surface area contributed by atoms with Gasteiger partial charge in [0.15, 0.2) is 10.8 Å². The molecule has 0 aliphatic heterocycles. The molecule has 0 saturated heterocycles. The highest BCUT2D eigenvalue weighted by atomic mass is 32.1. The molecule has 4 aromatic heterocycles. The van der Waals surface area contributed by atoms with Gasteiger partial charge in [0.1, 0.15) is 0 Å². The van der Waals surface area contributed by atoms with E-state index in [2.05, 4.69) is 20.4 Å². The standard InChI is InChI=1S/C24H20N6OS/c1-14-20-17(13-19(16-9-5-4-6-10-16)27-22(20)30(3)29-14)23(31)28-24-26-15(2)21(32-24)18-11-7-8-12-25-18/h4-13H,1-3H3,(H,26,28,31). The lowest BCUT2D eigenvalue weighted by atomic mass is 10.1. The van der Waals surface area contributed by atoms with Crippen molar-refractivity contribution in [3.8, 4) is 21.8 Å². The Morgan fingerprint density at radius 3 is 2.50 bits per heavy atom. The van der Waals surface area contributed by atoms with Crippen LogP contribution in [0.15, 0.2) is 60.8 Å². The Kier molecular flexibility index (Phi) is 4.99. The van der Waals surface area contributed by atoms with Crippen molar-refractivity contribution in [3.63, 3.8) is 0 Å². The van der Waals surface area contributed by atoms with E-state index in [9.17, 15) is 4.79 Å². The zero-order valence-electron chi connectivity index (χ0n) is 17.8. The number of carbonyl (C=O) groups excluding carboxylic acids is 1. The van der Waals surface area contributed by atoms with Gasteiger partial charge in [-0.3, -0.25) is 19.8 Å². The number of amides is 1. The Balaban J connectivity index is 1.57. The van der Waals surface area contributed by atoms with Crippen molar-refractivity contribution in [2.45, 2.75) is 13.8 Å². The third kappa shape index (κ3) is 3.54. The zero-order valence-corrected chi connectivity index (χ0v) is 18.6. The zero-order chi connectivity index (χ0) is 22.2. The summed E-state index contributed by atoms with van der Waals surface area (Å²) in [6.07, 6.45) is 1.75. The fourth-order valence-corrected chi connectivity index (χ4v) is 4.67. The van der Waals surface area contributed by atoms with Crippen LogP contribution < -0.4 is 5.32 Å². The summed E-state index contributed by atoms with van der Waals surface area (Å²) >= 11 is 1.41. The van der Waals surface area contributed by atoms with Crippen LogP contribution in [0.3, 0.4) is 0 Å². The molecule has 7 nitrogen and oxygen atoms in total. The van der Waals surface area contributed by atoms with E-state index in [1.807, 2.05) is 75.5 Å². The van der Waals surface area contributed by atoms with E-state index in [1.54, 1.807) is 10.9 Å². The van der Waals surface area contributed by atoms with E-state index in [1.165, 1.54) is 11.3 Å². The third-order valence-electron chi connectivity index (χ3n) is 5.20. The van der Waals surface area contributed by atoms with Crippen LogP contribution in [0.1, 0.15) is 21.7 Å². The summed E-state index contributed by atoms with van der Waals surface area (Å²) in [5.74, 6) is -0.244. The molecule has 0 fully saturated rings. The number of rotatable bonds is 4. The van der Waals surface area contributed by atoms with Crippen LogP contribution in [-0.2, 0) is 7.05 Å². The van der Waals surface area contributed by atoms with Crippen molar-refractivity contribution in [1.82, 2.24) is 24.7 Å². The number of anilines is 1. The lowest BCUT2D eigenvalue weighted by Gasteiger charge is -2.08. The van der Waals surface area contributed by atoms with Gasteiger partial charge < -0.3 is 0 Å². The number of aromatic nitrogens is 5. The summed E-state index contributed by atoms with van der Waals surface area (Å²) in [7, 11) is 1.84. The van der Waals surface area contributed by atoms with E-state index in [-0.39, 0.29) is 5.91 Å². The minimum atomic E-state index is -0.244. The Morgan fingerprint density at radius 1 is 0.969 bits per heavy atom. The number of nitrogens with one attached hydrogen (secondary N) is 1. The molecule has 0 bridgehead atoms. The molecule has 1 amide bonds. The normalized spacial score (nSPS) is 11.1. The predicted octanol–water partition coefficient (Wildman–Crippen LogP) is 5.02. The smallest absolute Gasteiger partial charge is 0.258 e. The van der Waals surface area contributed by atoms with Gasteiger partial charge in [0.05, 0.1) is 38.6 Å². The monoisotopic (exact) mass is 440 g/mol. The molecule has 32 heavy (non-hydrogen) atoms. The fourth-order valence-electron chi connectivity index (χ4n) is 3.73. The number of hydrogen-bond donors (Lipinski definition) is 1. The van der Waals surface area contributed by atoms with Gasteiger partial charge >= 0.3 is 0 Å². The van der Waals surface area contributed by atoms with E-state index < -0.39 is 0 Å². The topological polar surface area (TPSA) is 85.6 Å². The van der Waals surface area contributed by atoms with Crippen molar-refractivity contribution in [2.24, 2.45) is 7.05 Å². The maximum Gasteiger partial charge on any atom is 0.258 e. The van der Waals surface area contributed by atoms with Crippen LogP contribution in [0.5, 0.6) is 0 Å². The number of benzene rings is 1. The first kappa shape index (κ1) is 20.0. The summed E-state index contributed by atoms with van der Waals surface area (Å²) in [6.45, 7) is 3.80. The summed E-state index contributed by atoms with van der Waals surface area (Å²) in [4.78, 5) is 28.1. The quantitative estimate of drug-likeness (QED) is 0.424. The van der Waals surface area contributed by atoms with Gasteiger partial charge in [-0.25, -0.2) is 9.97 Å². The van der Waals surface area contributed by atoms with E-state index in [0.717, 1.165) is 38.6 Å². The average molecular weight is 441 g/mol. The fraction of sp³-hybridized carbons (Fsp3) is 0.125. The van der Waals surface area contributed by atoms with E-state index >= 15 is 0 Å². The largest absolute Gasteiger partial charge is 0.298 e. The molecular formula is C24H20N6OS. The molecule has 0 aliphatic rings. The van der Waals surface area contributed by atoms with Gasteiger partial charge in [0.2, 0.25) is 0 Å². The highest BCUT2D eigenvalue weighted by Gasteiger charge is 2.21. The van der Waals surface area contributed by atoms with E-state index in [0.29, 0.717) is 16.3 Å². The molecule has 8 heteroatoms. The lowest BCUT2D eigenvalue weighted by Crippen LogP contribution is -2.13. The second-order valence-corrected chi connectivity index (χ2v) is 8.43. The molecule has 0 radical (unpaired) electrons. The summed E-state index contributed by atoms with van der Waals surface area (Å²) in [6, 6.07) is 17.4. The second-order valence-electron chi connectivity index (χ2n) is 7.43. The third-order valence-corrected chi connectivity index (χ3v) is 6.29. The molecule has 0 saturated carbocycles.